The van der Waals surface area contributed by atoms with Crippen LogP contribution >= 0.6 is 12.2 Å². The first-order valence-corrected chi connectivity index (χ1v) is 4.62. The number of nitrogens with zero attached hydrogens (tertiary/aromatic N) is 1. The Morgan fingerprint density at radius 1 is 1.75 bits per heavy atom. The quantitative estimate of drug-likeness (QED) is 0.650. The zero-order valence-electron chi connectivity index (χ0n) is 7.62. The Labute approximate surface area is 78.9 Å². The van der Waals surface area contributed by atoms with E-state index in [0.717, 1.165) is 19.6 Å². The third-order valence-corrected chi connectivity index (χ3v) is 2.85. The minimum atomic E-state index is 0.173. The summed E-state index contributed by atoms with van der Waals surface area (Å²) in [6, 6.07) is 0.660. The highest BCUT2D eigenvalue weighted by atomic mass is 32.1. The van der Waals surface area contributed by atoms with Crippen LogP contribution in [0.4, 0.5) is 0 Å². The van der Waals surface area contributed by atoms with Gasteiger partial charge in [0.2, 0.25) is 0 Å². The molecule has 2 atom stereocenters. The Morgan fingerprint density at radius 2 is 2.42 bits per heavy atom. The zero-order valence-corrected chi connectivity index (χ0v) is 8.43. The molecule has 1 fully saturated rings. The summed E-state index contributed by atoms with van der Waals surface area (Å²) >= 11 is 4.93. The van der Waals surface area contributed by atoms with Gasteiger partial charge in [-0.25, -0.2) is 0 Å². The number of hydrogen-bond acceptors (Lipinski definition) is 3. The highest BCUT2D eigenvalue weighted by Gasteiger charge is 2.24. The van der Waals surface area contributed by atoms with Gasteiger partial charge < -0.3 is 10.5 Å². The normalized spacial score (nSPS) is 26.1. The van der Waals surface area contributed by atoms with E-state index >= 15 is 0 Å². The number of likely N-dealkylation sites (N-methyl/N-ethyl adjacent to an activating group) is 1. The van der Waals surface area contributed by atoms with Crippen LogP contribution in [0.15, 0.2) is 0 Å². The molecule has 0 aromatic rings. The molecule has 0 amide bonds. The minimum Gasteiger partial charge on any atom is -0.392 e. The molecule has 1 saturated heterocycles. The molecular formula is C8H16N2OS. The summed E-state index contributed by atoms with van der Waals surface area (Å²) in [6.45, 7) is 3.70. The lowest BCUT2D eigenvalue weighted by molar-refractivity contribution is 0.153. The van der Waals surface area contributed by atoms with Crippen molar-refractivity contribution in [2.45, 2.75) is 25.4 Å². The average molecular weight is 188 g/mol. The molecule has 0 aromatic heterocycles. The van der Waals surface area contributed by atoms with Crippen LogP contribution in [0.1, 0.15) is 13.3 Å². The van der Waals surface area contributed by atoms with E-state index in [1.807, 2.05) is 14.0 Å². The number of thiocarbonyl (C=S) groups is 1. The zero-order chi connectivity index (χ0) is 9.14. The summed E-state index contributed by atoms with van der Waals surface area (Å²) in [5.41, 5.74) is 5.55. The maximum Gasteiger partial charge on any atom is 0.0899 e. The number of hydrogen-bond donors (Lipinski definition) is 1. The van der Waals surface area contributed by atoms with Gasteiger partial charge >= 0.3 is 0 Å². The van der Waals surface area contributed by atoms with Gasteiger partial charge in [0, 0.05) is 12.6 Å². The van der Waals surface area contributed by atoms with Crippen molar-refractivity contribution in [1.29, 1.82) is 0 Å². The molecular weight excluding hydrogens is 172 g/mol. The molecule has 2 unspecified atom stereocenters. The lowest BCUT2D eigenvalue weighted by atomic mass is 10.2. The number of ether oxygens (including phenoxy) is 1. The Hall–Kier alpha value is -0.190. The lowest BCUT2D eigenvalue weighted by Crippen LogP contribution is -2.45. The van der Waals surface area contributed by atoms with Crippen molar-refractivity contribution in [2.75, 3.05) is 20.3 Å². The van der Waals surface area contributed by atoms with Gasteiger partial charge in [0.1, 0.15) is 0 Å². The van der Waals surface area contributed by atoms with E-state index in [9.17, 15) is 0 Å². The van der Waals surface area contributed by atoms with Crippen molar-refractivity contribution >= 4 is 17.2 Å². The average Bonchev–Trinajstić information content (AvgIpc) is 2.53. The Morgan fingerprint density at radius 3 is 2.83 bits per heavy atom. The van der Waals surface area contributed by atoms with Gasteiger partial charge in [0.05, 0.1) is 17.6 Å². The smallest absolute Gasteiger partial charge is 0.0899 e. The van der Waals surface area contributed by atoms with Crippen LogP contribution < -0.4 is 5.73 Å². The molecule has 0 radical (unpaired) electrons. The summed E-state index contributed by atoms with van der Waals surface area (Å²) in [6.07, 6.45) is 1.09. The highest BCUT2D eigenvalue weighted by molar-refractivity contribution is 7.80. The van der Waals surface area contributed by atoms with Crippen molar-refractivity contribution in [3.05, 3.63) is 0 Å². The fourth-order valence-electron chi connectivity index (χ4n) is 1.36. The topological polar surface area (TPSA) is 38.5 Å². The van der Waals surface area contributed by atoms with Crippen molar-refractivity contribution in [1.82, 2.24) is 4.90 Å². The van der Waals surface area contributed by atoms with E-state index in [1.54, 1.807) is 0 Å². The van der Waals surface area contributed by atoms with Crippen molar-refractivity contribution in [3.8, 4) is 0 Å². The summed E-state index contributed by atoms with van der Waals surface area (Å²) in [4.78, 5) is 2.75. The maximum absolute atomic E-state index is 5.55. The van der Waals surface area contributed by atoms with Crippen molar-refractivity contribution < 1.29 is 4.74 Å². The lowest BCUT2D eigenvalue weighted by Gasteiger charge is -2.28. The highest BCUT2D eigenvalue weighted by Crippen LogP contribution is 2.13. The summed E-state index contributed by atoms with van der Waals surface area (Å²) < 4.78 is 5.28. The molecule has 1 aliphatic heterocycles. The first-order valence-electron chi connectivity index (χ1n) is 4.22. The fraction of sp³-hybridized carbons (Fsp3) is 0.875. The standard InChI is InChI=1S/C8H16N2OS/c1-6(8(9)12)10(2)7-3-4-11-5-7/h6-7H,3-5H2,1-2H3,(H2,9,12). The first kappa shape index (κ1) is 9.89. The summed E-state index contributed by atoms with van der Waals surface area (Å²) in [5.74, 6) is 0. The molecule has 1 rings (SSSR count). The summed E-state index contributed by atoms with van der Waals surface area (Å²) in [5, 5.41) is 0. The predicted octanol–water partition coefficient (Wildman–Crippen LogP) is 0.382. The second-order valence-corrected chi connectivity index (χ2v) is 3.73. The van der Waals surface area contributed by atoms with Crippen LogP contribution in [0.5, 0.6) is 0 Å². The van der Waals surface area contributed by atoms with Gasteiger partial charge in [-0.3, -0.25) is 4.90 Å². The van der Waals surface area contributed by atoms with Crippen molar-refractivity contribution in [2.24, 2.45) is 5.73 Å². The van der Waals surface area contributed by atoms with Crippen LogP contribution in [0, 0.1) is 0 Å². The second kappa shape index (κ2) is 4.16. The Bertz CT molecular complexity index is 168. The monoisotopic (exact) mass is 188 g/mol. The number of rotatable bonds is 3. The third-order valence-electron chi connectivity index (χ3n) is 2.50. The second-order valence-electron chi connectivity index (χ2n) is 3.26. The Balaban J connectivity index is 2.44. The first-order chi connectivity index (χ1) is 5.63. The van der Waals surface area contributed by atoms with Gasteiger partial charge in [0.15, 0.2) is 0 Å². The molecule has 0 bridgehead atoms. The van der Waals surface area contributed by atoms with E-state index < -0.39 is 0 Å². The SMILES string of the molecule is CC(C(N)=S)N(C)C1CCOC1. The van der Waals surface area contributed by atoms with Crippen molar-refractivity contribution in [3.63, 3.8) is 0 Å². The largest absolute Gasteiger partial charge is 0.392 e. The predicted molar refractivity (Wildman–Crippen MR) is 53.2 cm³/mol. The van der Waals surface area contributed by atoms with Gasteiger partial charge in [0.25, 0.3) is 0 Å². The molecule has 1 heterocycles. The molecule has 0 aliphatic carbocycles. The molecule has 0 saturated carbocycles. The molecule has 3 nitrogen and oxygen atoms in total. The van der Waals surface area contributed by atoms with Gasteiger partial charge in [-0.2, -0.15) is 0 Å². The van der Waals surface area contributed by atoms with Gasteiger partial charge in [-0.15, -0.1) is 0 Å². The van der Waals surface area contributed by atoms with Crippen LogP contribution in [-0.4, -0.2) is 42.2 Å². The molecule has 12 heavy (non-hydrogen) atoms. The van der Waals surface area contributed by atoms with E-state index in [1.165, 1.54) is 0 Å². The summed E-state index contributed by atoms with van der Waals surface area (Å²) in [7, 11) is 2.04. The van der Waals surface area contributed by atoms with E-state index in [-0.39, 0.29) is 6.04 Å². The van der Waals surface area contributed by atoms with Gasteiger partial charge in [-0.05, 0) is 20.4 Å². The third kappa shape index (κ3) is 2.15. The maximum atomic E-state index is 5.55. The van der Waals surface area contributed by atoms with E-state index in [0.29, 0.717) is 11.0 Å². The van der Waals surface area contributed by atoms with Crippen LogP contribution in [0.2, 0.25) is 0 Å². The Kier molecular flexibility index (Phi) is 3.43. The fourth-order valence-corrected chi connectivity index (χ4v) is 1.53. The molecule has 2 N–H and O–H groups in total. The minimum absolute atomic E-state index is 0.173. The van der Waals surface area contributed by atoms with Crippen LogP contribution in [0.3, 0.4) is 0 Å². The van der Waals surface area contributed by atoms with E-state index in [2.05, 4.69) is 4.90 Å². The number of nitrogens with two attached hydrogens (primary N) is 1. The molecule has 0 spiro atoms. The molecule has 0 aromatic carbocycles. The van der Waals surface area contributed by atoms with Crippen LogP contribution in [-0.2, 0) is 4.74 Å². The molecule has 70 valence electrons. The molecule has 4 heteroatoms. The van der Waals surface area contributed by atoms with Gasteiger partial charge in [-0.1, -0.05) is 12.2 Å². The molecule has 1 aliphatic rings. The van der Waals surface area contributed by atoms with Crippen LogP contribution in [0.25, 0.3) is 0 Å². The van der Waals surface area contributed by atoms with E-state index in [4.69, 9.17) is 22.7 Å².